The summed E-state index contributed by atoms with van der Waals surface area (Å²) in [7, 11) is 0. The number of carbonyl (C=O) groups is 2. The first-order valence-electron chi connectivity index (χ1n) is 7.40. The van der Waals surface area contributed by atoms with Crippen LogP contribution in [0.15, 0.2) is 12.3 Å². The Labute approximate surface area is 124 Å². The standard InChI is InChI=1S/C15H21N3O3/c1-2-13(19)17-11-9-12(15(20)21)14(16-10-11)18-7-5-3-4-6-8-18/h9-10H,2-8H2,1H3,(H,17,19)(H,20,21). The fraction of sp³-hybridized carbons (Fsp3) is 0.533. The number of carbonyl (C=O) groups excluding carboxylic acids is 1. The van der Waals surface area contributed by atoms with Crippen molar-refractivity contribution in [2.24, 2.45) is 0 Å². The summed E-state index contributed by atoms with van der Waals surface area (Å²) >= 11 is 0. The molecule has 0 spiro atoms. The molecule has 0 unspecified atom stereocenters. The van der Waals surface area contributed by atoms with E-state index in [2.05, 4.69) is 10.3 Å². The van der Waals surface area contributed by atoms with Crippen LogP contribution in [0.3, 0.4) is 0 Å². The third kappa shape index (κ3) is 3.93. The van der Waals surface area contributed by atoms with E-state index in [1.54, 1.807) is 6.92 Å². The smallest absolute Gasteiger partial charge is 0.339 e. The number of anilines is 2. The number of pyridine rings is 1. The maximum Gasteiger partial charge on any atom is 0.339 e. The zero-order valence-electron chi connectivity index (χ0n) is 12.3. The molecule has 2 rings (SSSR count). The van der Waals surface area contributed by atoms with E-state index in [-0.39, 0.29) is 11.5 Å². The van der Waals surface area contributed by atoms with E-state index >= 15 is 0 Å². The number of hydrogen-bond donors (Lipinski definition) is 2. The minimum atomic E-state index is -1.02. The molecule has 21 heavy (non-hydrogen) atoms. The molecule has 114 valence electrons. The van der Waals surface area contributed by atoms with Crippen LogP contribution in [0, 0.1) is 0 Å². The van der Waals surface area contributed by atoms with E-state index in [1.165, 1.54) is 25.1 Å². The maximum absolute atomic E-state index is 11.5. The van der Waals surface area contributed by atoms with E-state index in [0.717, 1.165) is 25.9 Å². The molecule has 0 aliphatic carbocycles. The monoisotopic (exact) mass is 291 g/mol. The van der Waals surface area contributed by atoms with Crippen molar-refractivity contribution < 1.29 is 14.7 Å². The lowest BCUT2D eigenvalue weighted by Crippen LogP contribution is -2.27. The van der Waals surface area contributed by atoms with Crippen molar-refractivity contribution in [1.82, 2.24) is 4.98 Å². The van der Waals surface area contributed by atoms with E-state index in [9.17, 15) is 14.7 Å². The van der Waals surface area contributed by atoms with Gasteiger partial charge in [0.15, 0.2) is 0 Å². The minimum absolute atomic E-state index is 0.144. The summed E-state index contributed by atoms with van der Waals surface area (Å²) < 4.78 is 0. The summed E-state index contributed by atoms with van der Waals surface area (Å²) in [5.41, 5.74) is 0.573. The summed E-state index contributed by atoms with van der Waals surface area (Å²) in [5.74, 6) is -0.677. The van der Waals surface area contributed by atoms with Crippen LogP contribution < -0.4 is 10.2 Å². The van der Waals surface area contributed by atoms with Gasteiger partial charge in [0.25, 0.3) is 0 Å². The van der Waals surface area contributed by atoms with Gasteiger partial charge in [0, 0.05) is 19.5 Å². The topological polar surface area (TPSA) is 82.5 Å². The molecule has 0 saturated carbocycles. The van der Waals surface area contributed by atoms with Gasteiger partial charge in [-0.05, 0) is 18.9 Å². The summed E-state index contributed by atoms with van der Waals surface area (Å²) in [6, 6.07) is 1.49. The first-order valence-corrected chi connectivity index (χ1v) is 7.40. The van der Waals surface area contributed by atoms with Gasteiger partial charge < -0.3 is 15.3 Å². The van der Waals surface area contributed by atoms with Gasteiger partial charge in [0.1, 0.15) is 11.4 Å². The molecule has 2 heterocycles. The Kier molecular flexibility index (Phi) is 5.14. The predicted molar refractivity (Wildman–Crippen MR) is 80.8 cm³/mol. The first kappa shape index (κ1) is 15.3. The molecule has 6 heteroatoms. The van der Waals surface area contributed by atoms with Gasteiger partial charge in [0.2, 0.25) is 5.91 Å². The quantitative estimate of drug-likeness (QED) is 0.890. The van der Waals surface area contributed by atoms with Gasteiger partial charge in [-0.1, -0.05) is 19.8 Å². The second-order valence-corrected chi connectivity index (χ2v) is 5.20. The highest BCUT2D eigenvalue weighted by molar-refractivity contribution is 5.96. The molecule has 0 radical (unpaired) electrons. The second kappa shape index (κ2) is 7.06. The first-order chi connectivity index (χ1) is 10.1. The average Bonchev–Trinajstić information content (AvgIpc) is 2.76. The number of carboxylic acid groups (broad SMARTS) is 1. The van der Waals surface area contributed by atoms with Crippen LogP contribution in [0.2, 0.25) is 0 Å². The van der Waals surface area contributed by atoms with Crippen molar-refractivity contribution in [1.29, 1.82) is 0 Å². The minimum Gasteiger partial charge on any atom is -0.478 e. The van der Waals surface area contributed by atoms with Crippen molar-refractivity contribution in [3.63, 3.8) is 0 Å². The molecule has 1 aliphatic heterocycles. The van der Waals surface area contributed by atoms with Crippen LogP contribution in [-0.2, 0) is 4.79 Å². The van der Waals surface area contributed by atoms with Crippen LogP contribution in [-0.4, -0.2) is 35.1 Å². The molecule has 1 saturated heterocycles. The Morgan fingerprint density at radius 2 is 1.95 bits per heavy atom. The molecule has 0 aromatic carbocycles. The lowest BCUT2D eigenvalue weighted by Gasteiger charge is -2.23. The summed E-state index contributed by atoms with van der Waals surface area (Å²) in [5, 5.41) is 12.0. The fourth-order valence-corrected chi connectivity index (χ4v) is 2.47. The van der Waals surface area contributed by atoms with Gasteiger partial charge in [-0.15, -0.1) is 0 Å². The fourth-order valence-electron chi connectivity index (χ4n) is 2.47. The van der Waals surface area contributed by atoms with Gasteiger partial charge >= 0.3 is 5.97 Å². The lowest BCUT2D eigenvalue weighted by molar-refractivity contribution is -0.115. The number of nitrogens with zero attached hydrogens (tertiary/aromatic N) is 2. The van der Waals surface area contributed by atoms with Gasteiger partial charge in [-0.2, -0.15) is 0 Å². The van der Waals surface area contributed by atoms with E-state index in [1.807, 2.05) is 4.90 Å². The van der Waals surface area contributed by atoms with E-state index in [4.69, 9.17) is 0 Å². The average molecular weight is 291 g/mol. The third-order valence-corrected chi connectivity index (χ3v) is 3.61. The van der Waals surface area contributed by atoms with Crippen molar-refractivity contribution >= 4 is 23.4 Å². The summed E-state index contributed by atoms with van der Waals surface area (Å²) in [6.45, 7) is 3.40. The summed E-state index contributed by atoms with van der Waals surface area (Å²) in [4.78, 5) is 29.2. The highest BCUT2D eigenvalue weighted by atomic mass is 16.4. The zero-order valence-corrected chi connectivity index (χ0v) is 12.3. The Balaban J connectivity index is 2.28. The number of nitrogens with one attached hydrogen (secondary N) is 1. The van der Waals surface area contributed by atoms with Crippen molar-refractivity contribution in [2.75, 3.05) is 23.3 Å². The molecule has 0 atom stereocenters. The Hall–Kier alpha value is -2.11. The molecule has 1 aliphatic rings. The number of rotatable bonds is 4. The molecule has 1 aromatic heterocycles. The van der Waals surface area contributed by atoms with Crippen LogP contribution in [0.25, 0.3) is 0 Å². The van der Waals surface area contributed by atoms with Crippen LogP contribution in [0.5, 0.6) is 0 Å². The highest BCUT2D eigenvalue weighted by Gasteiger charge is 2.19. The molecule has 1 aromatic rings. The van der Waals surface area contributed by atoms with Gasteiger partial charge in [-0.25, -0.2) is 9.78 Å². The molecule has 1 fully saturated rings. The van der Waals surface area contributed by atoms with Crippen LogP contribution in [0.4, 0.5) is 11.5 Å². The molecular formula is C15H21N3O3. The SMILES string of the molecule is CCC(=O)Nc1cnc(N2CCCCCC2)c(C(=O)O)c1. The third-order valence-electron chi connectivity index (χ3n) is 3.61. The molecule has 0 bridgehead atoms. The Morgan fingerprint density at radius 1 is 1.29 bits per heavy atom. The van der Waals surface area contributed by atoms with Crippen molar-refractivity contribution in [2.45, 2.75) is 39.0 Å². The second-order valence-electron chi connectivity index (χ2n) is 5.20. The normalized spacial score (nSPS) is 15.4. The largest absolute Gasteiger partial charge is 0.478 e. The number of hydrogen-bond acceptors (Lipinski definition) is 4. The van der Waals surface area contributed by atoms with Gasteiger partial charge in [0.05, 0.1) is 11.9 Å². The molecular weight excluding hydrogens is 270 g/mol. The maximum atomic E-state index is 11.5. The molecule has 6 nitrogen and oxygen atoms in total. The summed E-state index contributed by atoms with van der Waals surface area (Å²) in [6.07, 6.45) is 6.31. The van der Waals surface area contributed by atoms with Crippen LogP contribution in [0.1, 0.15) is 49.4 Å². The Bertz CT molecular complexity index is 523. The molecule has 1 amide bonds. The highest BCUT2D eigenvalue weighted by Crippen LogP contribution is 2.24. The van der Waals surface area contributed by atoms with E-state index < -0.39 is 5.97 Å². The molecule has 2 N–H and O–H groups in total. The van der Waals surface area contributed by atoms with Crippen molar-refractivity contribution in [3.05, 3.63) is 17.8 Å². The number of carboxylic acids is 1. The lowest BCUT2D eigenvalue weighted by atomic mass is 10.2. The Morgan fingerprint density at radius 3 is 2.52 bits per heavy atom. The van der Waals surface area contributed by atoms with E-state index in [0.29, 0.717) is 17.9 Å². The van der Waals surface area contributed by atoms with Gasteiger partial charge in [-0.3, -0.25) is 4.79 Å². The number of aromatic nitrogens is 1. The predicted octanol–water partition coefficient (Wildman–Crippen LogP) is 2.51. The zero-order chi connectivity index (χ0) is 15.2. The number of aromatic carboxylic acids is 1. The number of amides is 1. The van der Waals surface area contributed by atoms with Crippen LogP contribution >= 0.6 is 0 Å². The van der Waals surface area contributed by atoms with Crippen molar-refractivity contribution in [3.8, 4) is 0 Å².